The van der Waals surface area contributed by atoms with E-state index in [4.69, 9.17) is 0 Å². The summed E-state index contributed by atoms with van der Waals surface area (Å²) >= 11 is 0. The molecule has 2 aliphatic rings. The summed E-state index contributed by atoms with van der Waals surface area (Å²) < 4.78 is 39.2. The molecular formula is C13H18F3N5O. The van der Waals surface area contributed by atoms with Gasteiger partial charge in [0, 0.05) is 19.6 Å². The number of alkyl halides is 3. The molecule has 1 atom stereocenters. The Labute approximate surface area is 125 Å². The third-order valence-corrected chi connectivity index (χ3v) is 4.51. The minimum Gasteiger partial charge on any atom is -0.338 e. The molecule has 0 radical (unpaired) electrons. The summed E-state index contributed by atoms with van der Waals surface area (Å²) in [6, 6.07) is -0.259. The van der Waals surface area contributed by atoms with E-state index in [1.165, 1.54) is 4.90 Å². The minimum atomic E-state index is -4.52. The van der Waals surface area contributed by atoms with Gasteiger partial charge in [-0.15, -0.1) is 10.2 Å². The molecule has 0 bridgehead atoms. The first-order chi connectivity index (χ1) is 10.2. The molecule has 0 aromatic carbocycles. The van der Waals surface area contributed by atoms with Gasteiger partial charge in [-0.25, -0.2) is 4.79 Å². The molecule has 0 spiro atoms. The number of nitrogens with one attached hydrogen (secondary N) is 1. The van der Waals surface area contributed by atoms with Gasteiger partial charge in [-0.05, 0) is 17.8 Å². The molecular weight excluding hydrogens is 299 g/mol. The molecule has 1 aliphatic carbocycles. The molecule has 122 valence electrons. The fourth-order valence-electron chi connectivity index (χ4n) is 2.79. The van der Waals surface area contributed by atoms with Crippen LogP contribution in [0.5, 0.6) is 0 Å². The number of hydrogen-bond donors (Lipinski definition) is 1. The number of urea groups is 1. The monoisotopic (exact) mass is 317 g/mol. The molecule has 6 nitrogen and oxygen atoms in total. The zero-order valence-electron chi connectivity index (χ0n) is 12.4. The number of hydrogen-bond acceptors (Lipinski definition) is 3. The largest absolute Gasteiger partial charge is 0.451 e. The SMILES string of the molecule is CC1(C)CC1CNC(=O)N1CCn2c(nnc2C(F)(F)F)C1. The van der Waals surface area contributed by atoms with Gasteiger partial charge in [0.1, 0.15) is 0 Å². The Kier molecular flexibility index (Phi) is 3.33. The van der Waals surface area contributed by atoms with Crippen LogP contribution in [0, 0.1) is 11.3 Å². The van der Waals surface area contributed by atoms with Crippen LogP contribution in [0.15, 0.2) is 0 Å². The quantitative estimate of drug-likeness (QED) is 0.906. The lowest BCUT2D eigenvalue weighted by molar-refractivity contribution is -0.147. The highest BCUT2D eigenvalue weighted by Crippen LogP contribution is 2.50. The number of aromatic nitrogens is 3. The fourth-order valence-corrected chi connectivity index (χ4v) is 2.79. The second-order valence-corrected chi connectivity index (χ2v) is 6.59. The third kappa shape index (κ3) is 2.76. The van der Waals surface area contributed by atoms with E-state index in [1.54, 1.807) is 0 Å². The van der Waals surface area contributed by atoms with Gasteiger partial charge in [0.25, 0.3) is 0 Å². The van der Waals surface area contributed by atoms with Gasteiger partial charge >= 0.3 is 12.2 Å². The van der Waals surface area contributed by atoms with Crippen LogP contribution in [0.25, 0.3) is 0 Å². The number of carbonyl (C=O) groups is 1. The smallest absolute Gasteiger partial charge is 0.338 e. The van der Waals surface area contributed by atoms with Gasteiger partial charge < -0.3 is 14.8 Å². The van der Waals surface area contributed by atoms with E-state index in [1.807, 2.05) is 0 Å². The molecule has 1 N–H and O–H groups in total. The second-order valence-electron chi connectivity index (χ2n) is 6.59. The summed E-state index contributed by atoms with van der Waals surface area (Å²) in [7, 11) is 0. The van der Waals surface area contributed by atoms with Gasteiger partial charge in [0.05, 0.1) is 6.54 Å². The van der Waals surface area contributed by atoms with Gasteiger partial charge in [-0.1, -0.05) is 13.8 Å². The highest BCUT2D eigenvalue weighted by Gasteiger charge is 2.45. The van der Waals surface area contributed by atoms with E-state index in [-0.39, 0.29) is 36.9 Å². The summed E-state index contributed by atoms with van der Waals surface area (Å²) in [6.07, 6.45) is -3.44. The Balaban J connectivity index is 1.60. The molecule has 2 amide bonds. The van der Waals surface area contributed by atoms with Crippen molar-refractivity contribution in [1.82, 2.24) is 25.0 Å². The van der Waals surface area contributed by atoms with Crippen LogP contribution >= 0.6 is 0 Å². The highest BCUT2D eigenvalue weighted by molar-refractivity contribution is 5.74. The molecule has 2 heterocycles. The lowest BCUT2D eigenvalue weighted by Crippen LogP contribution is -2.45. The van der Waals surface area contributed by atoms with Crippen LogP contribution in [0.4, 0.5) is 18.0 Å². The summed E-state index contributed by atoms with van der Waals surface area (Å²) in [5.41, 5.74) is 0.275. The summed E-state index contributed by atoms with van der Waals surface area (Å²) in [5, 5.41) is 9.60. The lowest BCUT2D eigenvalue weighted by Gasteiger charge is -2.28. The molecule has 1 aliphatic heterocycles. The van der Waals surface area contributed by atoms with Gasteiger partial charge in [0.2, 0.25) is 5.82 Å². The molecule has 1 aromatic rings. The minimum absolute atomic E-state index is 0.0446. The van der Waals surface area contributed by atoms with Crippen molar-refractivity contribution < 1.29 is 18.0 Å². The molecule has 22 heavy (non-hydrogen) atoms. The van der Waals surface area contributed by atoms with Crippen molar-refractivity contribution >= 4 is 6.03 Å². The van der Waals surface area contributed by atoms with Crippen molar-refractivity contribution in [1.29, 1.82) is 0 Å². The van der Waals surface area contributed by atoms with Crippen LogP contribution in [-0.4, -0.2) is 38.8 Å². The number of nitrogens with zero attached hydrogens (tertiary/aromatic N) is 4. The van der Waals surface area contributed by atoms with Crippen LogP contribution in [-0.2, 0) is 19.3 Å². The van der Waals surface area contributed by atoms with Crippen molar-refractivity contribution in [2.24, 2.45) is 11.3 Å². The van der Waals surface area contributed by atoms with E-state index in [9.17, 15) is 18.0 Å². The summed E-state index contributed by atoms with van der Waals surface area (Å²) in [4.78, 5) is 13.6. The van der Waals surface area contributed by atoms with E-state index in [0.717, 1.165) is 11.0 Å². The predicted molar refractivity (Wildman–Crippen MR) is 70.7 cm³/mol. The van der Waals surface area contributed by atoms with Crippen LogP contribution in [0.2, 0.25) is 0 Å². The predicted octanol–water partition coefficient (Wildman–Crippen LogP) is 1.87. The zero-order chi connectivity index (χ0) is 16.1. The number of carbonyl (C=O) groups excluding carboxylic acids is 1. The Morgan fingerprint density at radius 1 is 1.36 bits per heavy atom. The van der Waals surface area contributed by atoms with E-state index in [0.29, 0.717) is 12.5 Å². The molecule has 1 unspecified atom stereocenters. The maximum Gasteiger partial charge on any atom is 0.451 e. The van der Waals surface area contributed by atoms with Crippen LogP contribution in [0.3, 0.4) is 0 Å². The van der Waals surface area contributed by atoms with Crippen molar-refractivity contribution in [3.8, 4) is 0 Å². The van der Waals surface area contributed by atoms with E-state index in [2.05, 4.69) is 29.4 Å². The third-order valence-electron chi connectivity index (χ3n) is 4.51. The number of amides is 2. The molecule has 1 fully saturated rings. The van der Waals surface area contributed by atoms with Crippen molar-refractivity contribution in [2.75, 3.05) is 13.1 Å². The Bertz CT molecular complexity index is 595. The van der Waals surface area contributed by atoms with Gasteiger partial charge in [0.15, 0.2) is 5.82 Å². The maximum absolute atomic E-state index is 12.7. The second kappa shape index (κ2) is 4.85. The van der Waals surface area contributed by atoms with E-state index < -0.39 is 12.0 Å². The fraction of sp³-hybridized carbons (Fsp3) is 0.769. The van der Waals surface area contributed by atoms with Crippen molar-refractivity contribution in [3.63, 3.8) is 0 Å². The average Bonchev–Trinajstić information content (AvgIpc) is 2.85. The zero-order valence-corrected chi connectivity index (χ0v) is 12.4. The Morgan fingerprint density at radius 3 is 2.64 bits per heavy atom. The standard InChI is InChI=1S/C13H18F3N5O/c1-12(2)5-8(12)6-17-11(22)20-3-4-21-9(7-20)18-19-10(21)13(14,15)16/h8H,3-7H2,1-2H3,(H,17,22). The molecule has 3 rings (SSSR count). The molecule has 0 saturated heterocycles. The molecule has 1 saturated carbocycles. The number of rotatable bonds is 2. The topological polar surface area (TPSA) is 63.1 Å². The Morgan fingerprint density at radius 2 is 2.05 bits per heavy atom. The molecule has 1 aromatic heterocycles. The normalized spacial score (nSPS) is 23.1. The first-order valence-electron chi connectivity index (χ1n) is 7.20. The van der Waals surface area contributed by atoms with Crippen molar-refractivity contribution in [3.05, 3.63) is 11.6 Å². The summed E-state index contributed by atoms with van der Waals surface area (Å²) in [5.74, 6) is -0.357. The van der Waals surface area contributed by atoms with Crippen LogP contribution in [0.1, 0.15) is 31.9 Å². The first kappa shape index (κ1) is 15.1. The maximum atomic E-state index is 12.7. The summed E-state index contributed by atoms with van der Waals surface area (Å²) in [6.45, 7) is 5.21. The van der Waals surface area contributed by atoms with Crippen LogP contribution < -0.4 is 5.32 Å². The van der Waals surface area contributed by atoms with Crippen molar-refractivity contribution in [2.45, 2.75) is 39.5 Å². The molecule has 9 heteroatoms. The highest BCUT2D eigenvalue weighted by atomic mass is 19.4. The number of fused-ring (bicyclic) bond motifs is 1. The van der Waals surface area contributed by atoms with E-state index >= 15 is 0 Å². The first-order valence-corrected chi connectivity index (χ1v) is 7.20. The number of halogens is 3. The Hall–Kier alpha value is -1.80. The lowest BCUT2D eigenvalue weighted by atomic mass is 10.1. The van der Waals surface area contributed by atoms with Gasteiger partial charge in [-0.2, -0.15) is 13.2 Å². The van der Waals surface area contributed by atoms with Gasteiger partial charge in [-0.3, -0.25) is 0 Å². The average molecular weight is 317 g/mol.